The van der Waals surface area contributed by atoms with Crippen molar-refractivity contribution in [3.63, 3.8) is 0 Å². The van der Waals surface area contributed by atoms with Gasteiger partial charge in [0.2, 0.25) is 11.8 Å². The molecule has 1 saturated carbocycles. The van der Waals surface area contributed by atoms with Crippen LogP contribution in [-0.4, -0.2) is 42.9 Å². The van der Waals surface area contributed by atoms with E-state index in [1.165, 1.54) is 19.3 Å². The third kappa shape index (κ3) is 6.62. The Bertz CT molecular complexity index is 1180. The molecule has 0 unspecified atom stereocenters. The van der Waals surface area contributed by atoms with Gasteiger partial charge in [-0.05, 0) is 85.9 Å². The van der Waals surface area contributed by atoms with Gasteiger partial charge in [-0.3, -0.25) is 14.4 Å². The van der Waals surface area contributed by atoms with Crippen LogP contribution in [0.15, 0.2) is 42.5 Å². The van der Waals surface area contributed by atoms with Gasteiger partial charge in [0.25, 0.3) is 0 Å². The minimum Gasteiger partial charge on any atom is -0.469 e. The zero-order valence-electron chi connectivity index (χ0n) is 21.2. The third-order valence-electron chi connectivity index (χ3n) is 7.51. The Labute approximate surface area is 219 Å². The number of nitrogens with zero attached hydrogens (tertiary/aromatic N) is 1. The first kappa shape index (κ1) is 27.4. The first-order valence-electron chi connectivity index (χ1n) is 12.9. The van der Waals surface area contributed by atoms with Crippen LogP contribution in [-0.2, 0) is 19.1 Å². The van der Waals surface area contributed by atoms with E-state index in [1.54, 1.807) is 4.90 Å². The van der Waals surface area contributed by atoms with Crippen LogP contribution in [0.25, 0.3) is 6.08 Å². The van der Waals surface area contributed by atoms with Crippen molar-refractivity contribution in [2.75, 3.05) is 25.5 Å². The van der Waals surface area contributed by atoms with Crippen LogP contribution in [0.5, 0.6) is 0 Å². The van der Waals surface area contributed by atoms with E-state index >= 15 is 0 Å². The number of methoxy groups -OCH3 is 1. The molecule has 1 saturated heterocycles. The fourth-order valence-corrected chi connectivity index (χ4v) is 5.22. The first-order valence-corrected chi connectivity index (χ1v) is 12.9. The Morgan fingerprint density at radius 3 is 2.05 bits per heavy atom. The van der Waals surface area contributed by atoms with E-state index in [0.29, 0.717) is 38.8 Å². The highest BCUT2D eigenvalue weighted by molar-refractivity contribution is 5.93. The minimum atomic E-state index is -1.54. The summed E-state index contributed by atoms with van der Waals surface area (Å²) in [6, 6.07) is 9.43. The monoisotopic (exact) mass is 528 g/mol. The summed E-state index contributed by atoms with van der Waals surface area (Å²) in [7, 11) is 1.39. The summed E-state index contributed by atoms with van der Waals surface area (Å²) in [5, 5.41) is 2.98. The van der Waals surface area contributed by atoms with E-state index in [9.17, 15) is 27.6 Å². The summed E-state index contributed by atoms with van der Waals surface area (Å²) in [5.41, 5.74) is 1.92. The number of piperidine rings is 1. The van der Waals surface area contributed by atoms with Crippen molar-refractivity contribution in [2.24, 2.45) is 11.8 Å². The smallest absolute Gasteiger partial charge is 0.308 e. The molecule has 0 aromatic heterocycles. The van der Waals surface area contributed by atoms with E-state index in [4.69, 9.17) is 4.74 Å². The summed E-state index contributed by atoms with van der Waals surface area (Å²) in [4.78, 5) is 38.5. The Morgan fingerprint density at radius 1 is 0.895 bits per heavy atom. The average molecular weight is 529 g/mol. The lowest BCUT2D eigenvalue weighted by Crippen LogP contribution is -2.36. The molecule has 2 aromatic carbocycles. The molecule has 1 heterocycles. The van der Waals surface area contributed by atoms with Gasteiger partial charge in [-0.15, -0.1) is 0 Å². The van der Waals surface area contributed by atoms with Crippen LogP contribution in [0.4, 0.5) is 18.9 Å². The fourth-order valence-electron chi connectivity index (χ4n) is 5.22. The number of hydrogen-bond acceptors (Lipinski definition) is 4. The average Bonchev–Trinajstić information content (AvgIpc) is 2.94. The quantitative estimate of drug-likeness (QED) is 0.308. The second kappa shape index (κ2) is 12.3. The molecule has 0 bridgehead atoms. The van der Waals surface area contributed by atoms with Crippen molar-refractivity contribution in [2.45, 2.75) is 44.4 Å². The standard InChI is InChI=1S/C29H31F3N2O4/c1-38-29(37)22-5-3-21(4-6-22)28(36)33-23-9-7-19(8-10-23)20-12-14-34(15-13-20)26(35)11-2-18-16-24(30)27(32)25(31)17-18/h2,7-11,16-17,20-22H,3-6,12-15H2,1H3,(H,33,36)/b11-2+. The van der Waals surface area contributed by atoms with Crippen molar-refractivity contribution in [1.82, 2.24) is 4.90 Å². The zero-order chi connectivity index (χ0) is 27.2. The normalized spacial score (nSPS) is 20.4. The number of likely N-dealkylation sites (tertiary alicyclic amines) is 1. The van der Waals surface area contributed by atoms with Gasteiger partial charge in [0, 0.05) is 30.8 Å². The van der Waals surface area contributed by atoms with E-state index in [2.05, 4.69) is 5.32 Å². The minimum absolute atomic E-state index is 0.0351. The molecule has 0 spiro atoms. The number of esters is 1. The molecule has 2 amide bonds. The zero-order valence-corrected chi connectivity index (χ0v) is 21.2. The highest BCUT2D eigenvalue weighted by Crippen LogP contribution is 2.32. The van der Waals surface area contributed by atoms with Gasteiger partial charge in [0.1, 0.15) is 0 Å². The second-order valence-corrected chi connectivity index (χ2v) is 9.91. The number of nitrogens with one attached hydrogen (secondary N) is 1. The summed E-state index contributed by atoms with van der Waals surface area (Å²) in [5.74, 6) is -4.62. The number of amides is 2. The molecular formula is C29H31F3N2O4. The lowest BCUT2D eigenvalue weighted by molar-refractivity contribution is -0.147. The molecule has 0 radical (unpaired) electrons. The number of anilines is 1. The molecule has 0 atom stereocenters. The molecule has 1 N–H and O–H groups in total. The summed E-state index contributed by atoms with van der Waals surface area (Å²) >= 11 is 0. The predicted molar refractivity (Wildman–Crippen MR) is 136 cm³/mol. The lowest BCUT2D eigenvalue weighted by atomic mass is 9.81. The maximum absolute atomic E-state index is 13.4. The second-order valence-electron chi connectivity index (χ2n) is 9.91. The number of hydrogen-bond donors (Lipinski definition) is 1. The van der Waals surface area contributed by atoms with E-state index < -0.39 is 17.5 Å². The molecule has 38 heavy (non-hydrogen) atoms. The Morgan fingerprint density at radius 2 is 1.47 bits per heavy atom. The van der Waals surface area contributed by atoms with Gasteiger partial charge in [-0.25, -0.2) is 13.2 Å². The lowest BCUT2D eigenvalue weighted by Gasteiger charge is -2.31. The molecule has 6 nitrogen and oxygen atoms in total. The largest absolute Gasteiger partial charge is 0.469 e. The van der Waals surface area contributed by atoms with Crippen LogP contribution in [0.3, 0.4) is 0 Å². The Kier molecular flexibility index (Phi) is 8.86. The van der Waals surface area contributed by atoms with Crippen LogP contribution in [0, 0.1) is 29.3 Å². The molecule has 4 rings (SSSR count). The summed E-state index contributed by atoms with van der Waals surface area (Å²) in [6.45, 7) is 1.07. The van der Waals surface area contributed by atoms with E-state index in [-0.39, 0.29) is 41.1 Å². The number of carbonyl (C=O) groups is 3. The van der Waals surface area contributed by atoms with Gasteiger partial charge in [0.05, 0.1) is 13.0 Å². The molecule has 2 fully saturated rings. The SMILES string of the molecule is COC(=O)C1CCC(C(=O)Nc2ccc(C3CCN(C(=O)/C=C/c4cc(F)c(F)c(F)c4)CC3)cc2)CC1. The topological polar surface area (TPSA) is 75.7 Å². The van der Waals surface area contributed by atoms with Crippen molar-refractivity contribution in [1.29, 1.82) is 0 Å². The summed E-state index contributed by atoms with van der Waals surface area (Å²) in [6.07, 6.45) is 6.67. The molecule has 1 aliphatic carbocycles. The first-order chi connectivity index (χ1) is 18.2. The van der Waals surface area contributed by atoms with E-state index in [0.717, 1.165) is 36.2 Å². The van der Waals surface area contributed by atoms with Crippen molar-refractivity contribution < 1.29 is 32.3 Å². The number of benzene rings is 2. The van der Waals surface area contributed by atoms with Crippen molar-refractivity contribution in [3.05, 3.63) is 71.1 Å². The van der Waals surface area contributed by atoms with Gasteiger partial charge in [0.15, 0.2) is 17.5 Å². The van der Waals surface area contributed by atoms with Gasteiger partial charge in [-0.1, -0.05) is 12.1 Å². The molecular weight excluding hydrogens is 497 g/mol. The van der Waals surface area contributed by atoms with Gasteiger partial charge < -0.3 is 15.0 Å². The fraction of sp³-hybridized carbons (Fsp3) is 0.414. The molecule has 2 aromatic rings. The molecule has 1 aliphatic heterocycles. The maximum atomic E-state index is 13.4. The maximum Gasteiger partial charge on any atom is 0.308 e. The van der Waals surface area contributed by atoms with Gasteiger partial charge >= 0.3 is 5.97 Å². The molecule has 9 heteroatoms. The Balaban J connectivity index is 1.24. The van der Waals surface area contributed by atoms with Crippen LogP contribution >= 0.6 is 0 Å². The number of ether oxygens (including phenoxy) is 1. The van der Waals surface area contributed by atoms with Crippen molar-refractivity contribution in [3.8, 4) is 0 Å². The van der Waals surface area contributed by atoms with Crippen LogP contribution in [0.1, 0.15) is 55.6 Å². The summed E-state index contributed by atoms with van der Waals surface area (Å²) < 4.78 is 44.6. The highest BCUT2D eigenvalue weighted by atomic mass is 19.2. The van der Waals surface area contributed by atoms with Gasteiger partial charge in [-0.2, -0.15) is 0 Å². The molecule has 2 aliphatic rings. The van der Waals surface area contributed by atoms with E-state index in [1.807, 2.05) is 24.3 Å². The van der Waals surface area contributed by atoms with Crippen molar-refractivity contribution >= 4 is 29.5 Å². The number of rotatable bonds is 6. The number of carbonyl (C=O) groups excluding carboxylic acids is 3. The number of halogens is 3. The van der Waals surface area contributed by atoms with Crippen LogP contribution < -0.4 is 5.32 Å². The molecule has 202 valence electrons. The third-order valence-corrected chi connectivity index (χ3v) is 7.51. The van der Waals surface area contributed by atoms with Crippen LogP contribution in [0.2, 0.25) is 0 Å². The Hall–Kier alpha value is -3.62. The highest BCUT2D eigenvalue weighted by Gasteiger charge is 2.30. The predicted octanol–water partition coefficient (Wildman–Crippen LogP) is 5.44.